The van der Waals surface area contributed by atoms with Gasteiger partial charge in [0, 0.05) is 22.6 Å². The van der Waals surface area contributed by atoms with Crippen LogP contribution in [0.4, 0.5) is 5.69 Å². The first-order chi connectivity index (χ1) is 7.69. The maximum atomic E-state index is 8.85. The molecule has 82 valence electrons. The molecule has 1 atom stereocenters. The molecule has 1 N–H and O–H groups in total. The van der Waals surface area contributed by atoms with E-state index in [1.165, 1.54) is 0 Å². The van der Waals surface area contributed by atoms with Crippen molar-refractivity contribution >= 4 is 21.6 Å². The molecule has 0 aliphatic carbocycles. The molecule has 0 aliphatic rings. The minimum Gasteiger partial charge on any atom is -0.381 e. The highest BCUT2D eigenvalue weighted by molar-refractivity contribution is 9.10. The van der Waals surface area contributed by atoms with Gasteiger partial charge < -0.3 is 5.32 Å². The number of nitrogens with one attached hydrogen (secondary N) is 1. The normalized spacial score (nSPS) is 11.2. The van der Waals surface area contributed by atoms with Crippen LogP contribution in [-0.2, 0) is 0 Å². The Morgan fingerprint density at radius 2 is 2.25 bits per heavy atom. The van der Waals surface area contributed by atoms with Crippen LogP contribution in [0.5, 0.6) is 0 Å². The Morgan fingerprint density at radius 3 is 2.81 bits per heavy atom. The highest BCUT2D eigenvalue weighted by Crippen LogP contribution is 2.20. The lowest BCUT2D eigenvalue weighted by Gasteiger charge is -2.16. The van der Waals surface area contributed by atoms with E-state index in [9.17, 15) is 0 Å². The molecule has 1 rings (SSSR count). The predicted molar refractivity (Wildman–Crippen MR) is 70.0 cm³/mol. The Balaban J connectivity index is 2.85. The van der Waals surface area contributed by atoms with Crippen LogP contribution in [0.1, 0.15) is 25.3 Å². The number of rotatable bonds is 4. The molecule has 0 fully saturated rings. The van der Waals surface area contributed by atoms with Crippen molar-refractivity contribution in [2.75, 3.05) is 5.32 Å². The molecule has 1 aromatic rings. The second kappa shape index (κ2) is 6.20. The van der Waals surface area contributed by atoms with E-state index in [1.807, 2.05) is 12.1 Å². The quantitative estimate of drug-likeness (QED) is 0.854. The maximum Gasteiger partial charge on any atom is 0.0992 e. The van der Waals surface area contributed by atoms with Gasteiger partial charge in [-0.2, -0.15) is 5.26 Å². The molecule has 0 aliphatic heterocycles. The third-order valence-corrected chi connectivity index (χ3v) is 2.71. The molecular formula is C13H13BrN2. The Kier molecular flexibility index (Phi) is 4.89. The van der Waals surface area contributed by atoms with Gasteiger partial charge in [-0.1, -0.05) is 22.9 Å². The van der Waals surface area contributed by atoms with Crippen molar-refractivity contribution < 1.29 is 0 Å². The fourth-order valence-electron chi connectivity index (χ4n) is 1.41. The molecule has 0 heterocycles. The Bertz CT molecular complexity index is 440. The zero-order chi connectivity index (χ0) is 12.0. The summed E-state index contributed by atoms with van der Waals surface area (Å²) in [6, 6.07) is 7.93. The average molecular weight is 277 g/mol. The maximum absolute atomic E-state index is 8.85. The van der Waals surface area contributed by atoms with Crippen molar-refractivity contribution in [2.24, 2.45) is 0 Å². The van der Waals surface area contributed by atoms with E-state index in [0.29, 0.717) is 12.0 Å². The predicted octanol–water partition coefficient (Wildman–Crippen LogP) is 3.53. The largest absolute Gasteiger partial charge is 0.381 e. The van der Waals surface area contributed by atoms with Crippen LogP contribution >= 0.6 is 15.9 Å². The van der Waals surface area contributed by atoms with Gasteiger partial charge in [0.2, 0.25) is 0 Å². The molecule has 2 nitrogen and oxygen atoms in total. The van der Waals surface area contributed by atoms with Gasteiger partial charge >= 0.3 is 0 Å². The monoisotopic (exact) mass is 276 g/mol. The molecule has 0 saturated heterocycles. The van der Waals surface area contributed by atoms with Crippen LogP contribution in [0, 0.1) is 23.7 Å². The summed E-state index contributed by atoms with van der Waals surface area (Å²) in [5, 5.41) is 12.2. The summed E-state index contributed by atoms with van der Waals surface area (Å²) in [6.07, 6.45) is 6.94. The molecule has 0 aromatic heterocycles. The van der Waals surface area contributed by atoms with Gasteiger partial charge in [-0.05, 0) is 24.6 Å². The standard InChI is InChI=1S/C13H13BrN2/c1-3-5-12(4-2)16-13-7-10(9-15)6-11(14)8-13/h1,6-8,12,16H,4-5H2,2H3. The lowest BCUT2D eigenvalue weighted by Crippen LogP contribution is -2.17. The van der Waals surface area contributed by atoms with Crippen LogP contribution in [0.25, 0.3) is 0 Å². The van der Waals surface area contributed by atoms with E-state index in [2.05, 4.69) is 40.2 Å². The first-order valence-electron chi connectivity index (χ1n) is 5.10. The highest BCUT2D eigenvalue weighted by Gasteiger charge is 2.05. The average Bonchev–Trinajstić information content (AvgIpc) is 2.27. The van der Waals surface area contributed by atoms with Crippen molar-refractivity contribution in [3.8, 4) is 18.4 Å². The minimum absolute atomic E-state index is 0.255. The van der Waals surface area contributed by atoms with E-state index >= 15 is 0 Å². The topological polar surface area (TPSA) is 35.8 Å². The molecule has 0 amide bonds. The summed E-state index contributed by atoms with van der Waals surface area (Å²) in [7, 11) is 0. The van der Waals surface area contributed by atoms with E-state index in [1.54, 1.807) is 6.07 Å². The van der Waals surface area contributed by atoms with Crippen LogP contribution in [0.3, 0.4) is 0 Å². The molecule has 16 heavy (non-hydrogen) atoms. The second-order valence-electron chi connectivity index (χ2n) is 3.50. The van der Waals surface area contributed by atoms with Crippen molar-refractivity contribution in [3.05, 3.63) is 28.2 Å². The van der Waals surface area contributed by atoms with Gasteiger partial charge in [0.25, 0.3) is 0 Å². The van der Waals surface area contributed by atoms with Gasteiger partial charge in [-0.3, -0.25) is 0 Å². The van der Waals surface area contributed by atoms with Crippen molar-refractivity contribution in [1.29, 1.82) is 5.26 Å². The minimum atomic E-state index is 0.255. The molecule has 0 saturated carbocycles. The summed E-state index contributed by atoms with van der Waals surface area (Å²) in [5.74, 6) is 2.64. The van der Waals surface area contributed by atoms with Crippen LogP contribution in [0.2, 0.25) is 0 Å². The van der Waals surface area contributed by atoms with Crippen molar-refractivity contribution in [3.63, 3.8) is 0 Å². The number of hydrogen-bond donors (Lipinski definition) is 1. The van der Waals surface area contributed by atoms with E-state index < -0.39 is 0 Å². The first-order valence-corrected chi connectivity index (χ1v) is 5.89. The number of hydrogen-bond acceptors (Lipinski definition) is 2. The zero-order valence-corrected chi connectivity index (χ0v) is 10.7. The number of halogens is 1. The lowest BCUT2D eigenvalue weighted by atomic mass is 10.1. The summed E-state index contributed by atoms with van der Waals surface area (Å²) in [6.45, 7) is 2.08. The Labute approximate surface area is 105 Å². The molecule has 3 heteroatoms. The summed E-state index contributed by atoms with van der Waals surface area (Å²) in [5.41, 5.74) is 1.56. The van der Waals surface area contributed by atoms with Gasteiger partial charge in [0.1, 0.15) is 0 Å². The van der Waals surface area contributed by atoms with E-state index in [4.69, 9.17) is 11.7 Å². The Hall–Kier alpha value is -1.45. The smallest absolute Gasteiger partial charge is 0.0992 e. The third-order valence-electron chi connectivity index (χ3n) is 2.25. The number of nitrogens with zero attached hydrogens (tertiary/aromatic N) is 1. The molecule has 1 unspecified atom stereocenters. The SMILES string of the molecule is C#CCC(CC)Nc1cc(Br)cc(C#N)c1. The number of terminal acetylenes is 1. The number of anilines is 1. The van der Waals surface area contributed by atoms with Crippen molar-refractivity contribution in [1.82, 2.24) is 0 Å². The highest BCUT2D eigenvalue weighted by atomic mass is 79.9. The van der Waals surface area contributed by atoms with Gasteiger partial charge in [-0.15, -0.1) is 12.3 Å². The molecule has 0 radical (unpaired) electrons. The Morgan fingerprint density at radius 1 is 1.50 bits per heavy atom. The lowest BCUT2D eigenvalue weighted by molar-refractivity contribution is 0.715. The number of nitriles is 1. The number of benzene rings is 1. The second-order valence-corrected chi connectivity index (χ2v) is 4.41. The fourth-order valence-corrected chi connectivity index (χ4v) is 1.91. The van der Waals surface area contributed by atoms with Crippen molar-refractivity contribution in [2.45, 2.75) is 25.8 Å². The van der Waals surface area contributed by atoms with Crippen LogP contribution in [-0.4, -0.2) is 6.04 Å². The fraction of sp³-hybridized carbons (Fsp3) is 0.308. The summed E-state index contributed by atoms with van der Waals surface area (Å²) < 4.78 is 0.893. The molecule has 0 spiro atoms. The molecular weight excluding hydrogens is 264 g/mol. The third kappa shape index (κ3) is 3.61. The first kappa shape index (κ1) is 12.6. The van der Waals surface area contributed by atoms with Crippen LogP contribution in [0.15, 0.2) is 22.7 Å². The van der Waals surface area contributed by atoms with E-state index in [0.717, 1.165) is 16.6 Å². The van der Waals surface area contributed by atoms with E-state index in [-0.39, 0.29) is 6.04 Å². The molecule has 1 aromatic carbocycles. The summed E-state index contributed by atoms with van der Waals surface area (Å²) >= 11 is 3.37. The summed E-state index contributed by atoms with van der Waals surface area (Å²) in [4.78, 5) is 0. The molecule has 0 bridgehead atoms. The van der Waals surface area contributed by atoms with Gasteiger partial charge in [0.15, 0.2) is 0 Å². The van der Waals surface area contributed by atoms with Crippen LogP contribution < -0.4 is 5.32 Å². The van der Waals surface area contributed by atoms with Gasteiger partial charge in [-0.25, -0.2) is 0 Å². The van der Waals surface area contributed by atoms with Gasteiger partial charge in [0.05, 0.1) is 11.6 Å². The zero-order valence-electron chi connectivity index (χ0n) is 9.13.